The maximum Gasteiger partial charge on any atom is 0.213 e. The van der Waals surface area contributed by atoms with E-state index >= 15 is 0 Å². The molecule has 29 heavy (non-hydrogen) atoms. The van der Waals surface area contributed by atoms with Gasteiger partial charge in [-0.05, 0) is 64.0 Å². The maximum absolute atomic E-state index is 2.50. The standard InChI is InChI=1S/C27H25IN/c1-2-3-17-29-26(22-13-8-5-9-14-22)19-24(21-11-6-4-7-12-21)20-27(29)23-15-10-16-25(28)18-23/h4-16,18-20H,2-3,17H2,1H3/q+1. The molecule has 0 unspecified atom stereocenters. The van der Waals surface area contributed by atoms with E-state index in [0.29, 0.717) is 0 Å². The van der Waals surface area contributed by atoms with Crippen molar-refractivity contribution in [3.63, 3.8) is 0 Å². The summed E-state index contributed by atoms with van der Waals surface area (Å²) < 4.78 is 3.75. The number of hydrogen-bond acceptors (Lipinski definition) is 0. The third kappa shape index (κ3) is 4.59. The second-order valence-corrected chi connectivity index (χ2v) is 8.51. The molecule has 0 saturated carbocycles. The molecule has 0 aliphatic carbocycles. The molecule has 0 N–H and O–H groups in total. The Labute approximate surface area is 187 Å². The summed E-state index contributed by atoms with van der Waals surface area (Å²) in [6, 6.07) is 35.0. The monoisotopic (exact) mass is 490 g/mol. The predicted octanol–water partition coefficient (Wildman–Crippen LogP) is 7.38. The minimum Gasteiger partial charge on any atom is -0.191 e. The van der Waals surface area contributed by atoms with E-state index in [1.54, 1.807) is 0 Å². The Morgan fingerprint density at radius 2 is 1.21 bits per heavy atom. The molecule has 1 nitrogen and oxygen atoms in total. The Morgan fingerprint density at radius 1 is 0.621 bits per heavy atom. The van der Waals surface area contributed by atoms with Gasteiger partial charge < -0.3 is 0 Å². The lowest BCUT2D eigenvalue weighted by Gasteiger charge is -2.13. The van der Waals surface area contributed by atoms with Gasteiger partial charge in [0.15, 0.2) is 0 Å². The van der Waals surface area contributed by atoms with E-state index in [9.17, 15) is 0 Å². The summed E-state index contributed by atoms with van der Waals surface area (Å²) in [6.45, 7) is 3.27. The molecule has 3 aromatic carbocycles. The average molecular weight is 490 g/mol. The van der Waals surface area contributed by atoms with Crippen LogP contribution in [0.3, 0.4) is 0 Å². The van der Waals surface area contributed by atoms with Gasteiger partial charge in [0, 0.05) is 33.3 Å². The van der Waals surface area contributed by atoms with Crippen molar-refractivity contribution in [2.24, 2.45) is 0 Å². The minimum absolute atomic E-state index is 1.01. The smallest absolute Gasteiger partial charge is 0.191 e. The highest BCUT2D eigenvalue weighted by molar-refractivity contribution is 14.1. The minimum atomic E-state index is 1.01. The van der Waals surface area contributed by atoms with Crippen molar-refractivity contribution >= 4 is 22.6 Å². The van der Waals surface area contributed by atoms with Gasteiger partial charge in [0.05, 0.1) is 0 Å². The number of unbranched alkanes of at least 4 members (excludes halogenated alkanes) is 1. The summed E-state index contributed by atoms with van der Waals surface area (Å²) in [5.41, 5.74) is 7.58. The van der Waals surface area contributed by atoms with Gasteiger partial charge in [-0.15, -0.1) is 0 Å². The molecule has 0 atom stereocenters. The molecule has 144 valence electrons. The lowest BCUT2D eigenvalue weighted by molar-refractivity contribution is -0.675. The summed E-state index contributed by atoms with van der Waals surface area (Å²) in [7, 11) is 0. The predicted molar refractivity (Wildman–Crippen MR) is 131 cm³/mol. The first-order valence-corrected chi connectivity index (χ1v) is 11.3. The number of aromatic nitrogens is 1. The SMILES string of the molecule is CCCC[n+]1c(-c2ccccc2)cc(-c2ccccc2)cc1-c1cccc(I)c1. The molecular weight excluding hydrogens is 465 g/mol. The van der Waals surface area contributed by atoms with Crippen LogP contribution in [-0.2, 0) is 6.54 Å². The highest BCUT2D eigenvalue weighted by Gasteiger charge is 2.22. The van der Waals surface area contributed by atoms with Crippen LogP contribution in [0.2, 0.25) is 0 Å². The van der Waals surface area contributed by atoms with Crippen molar-refractivity contribution < 1.29 is 4.57 Å². The quantitative estimate of drug-likeness (QED) is 0.196. The molecule has 0 spiro atoms. The lowest BCUT2D eigenvalue weighted by atomic mass is 9.99. The normalized spacial score (nSPS) is 10.8. The Hall–Kier alpha value is -2.46. The van der Waals surface area contributed by atoms with Crippen LogP contribution in [-0.4, -0.2) is 0 Å². The fourth-order valence-electron chi connectivity index (χ4n) is 3.71. The van der Waals surface area contributed by atoms with Gasteiger partial charge in [0.2, 0.25) is 11.4 Å². The topological polar surface area (TPSA) is 3.88 Å². The molecule has 2 heteroatoms. The first kappa shape index (κ1) is 19.8. The van der Waals surface area contributed by atoms with Crippen molar-refractivity contribution in [3.05, 3.63) is 101 Å². The van der Waals surface area contributed by atoms with E-state index in [1.165, 1.54) is 43.6 Å². The highest BCUT2D eigenvalue weighted by Crippen LogP contribution is 2.29. The van der Waals surface area contributed by atoms with Crippen LogP contribution in [0.15, 0.2) is 97.1 Å². The molecule has 0 bridgehead atoms. The zero-order valence-electron chi connectivity index (χ0n) is 16.7. The van der Waals surface area contributed by atoms with Crippen LogP contribution in [0.1, 0.15) is 19.8 Å². The number of hydrogen-bond donors (Lipinski definition) is 0. The Morgan fingerprint density at radius 3 is 1.83 bits per heavy atom. The fourth-order valence-corrected chi connectivity index (χ4v) is 4.25. The molecule has 1 aromatic heterocycles. The summed E-state index contributed by atoms with van der Waals surface area (Å²) >= 11 is 2.40. The van der Waals surface area contributed by atoms with Crippen molar-refractivity contribution in [2.45, 2.75) is 26.3 Å². The molecule has 0 saturated heterocycles. The number of nitrogens with zero attached hydrogens (tertiary/aromatic N) is 1. The largest absolute Gasteiger partial charge is 0.213 e. The van der Waals surface area contributed by atoms with Crippen LogP contribution in [0, 0.1) is 3.57 Å². The van der Waals surface area contributed by atoms with E-state index in [2.05, 4.69) is 131 Å². The Kier molecular flexibility index (Phi) is 6.40. The maximum atomic E-state index is 2.50. The Bertz CT molecular complexity index is 1090. The number of pyridine rings is 1. The molecule has 0 aliphatic rings. The molecule has 0 amide bonds. The van der Waals surface area contributed by atoms with E-state index in [-0.39, 0.29) is 0 Å². The molecule has 4 aromatic rings. The van der Waals surface area contributed by atoms with Crippen molar-refractivity contribution in [2.75, 3.05) is 0 Å². The summed E-state index contributed by atoms with van der Waals surface area (Å²) in [5, 5.41) is 0. The van der Waals surface area contributed by atoms with Gasteiger partial charge in [-0.2, -0.15) is 4.57 Å². The van der Waals surface area contributed by atoms with Crippen LogP contribution in [0.25, 0.3) is 33.6 Å². The molecule has 0 radical (unpaired) electrons. The van der Waals surface area contributed by atoms with E-state index < -0.39 is 0 Å². The Balaban J connectivity index is 2.00. The third-order valence-corrected chi connectivity index (χ3v) is 5.87. The molecule has 4 rings (SSSR count). The zero-order valence-corrected chi connectivity index (χ0v) is 18.8. The van der Waals surface area contributed by atoms with Gasteiger partial charge in [0.1, 0.15) is 6.54 Å². The van der Waals surface area contributed by atoms with E-state index in [1.807, 2.05) is 0 Å². The van der Waals surface area contributed by atoms with Gasteiger partial charge in [0.25, 0.3) is 0 Å². The van der Waals surface area contributed by atoms with Crippen molar-refractivity contribution in [1.29, 1.82) is 0 Å². The number of rotatable bonds is 6. The molecule has 0 aliphatic heterocycles. The second kappa shape index (κ2) is 9.36. The molecular formula is C27H25IN+. The van der Waals surface area contributed by atoms with Crippen LogP contribution >= 0.6 is 22.6 Å². The first-order chi connectivity index (χ1) is 14.3. The zero-order chi connectivity index (χ0) is 20.1. The van der Waals surface area contributed by atoms with Crippen LogP contribution < -0.4 is 4.57 Å². The fraction of sp³-hybridized carbons (Fsp3) is 0.148. The first-order valence-electron chi connectivity index (χ1n) is 10.2. The number of benzene rings is 3. The average Bonchev–Trinajstić information content (AvgIpc) is 2.78. The van der Waals surface area contributed by atoms with E-state index in [0.717, 1.165) is 13.0 Å². The second-order valence-electron chi connectivity index (χ2n) is 7.26. The van der Waals surface area contributed by atoms with Gasteiger partial charge in [-0.25, -0.2) is 0 Å². The van der Waals surface area contributed by atoms with Crippen molar-refractivity contribution in [3.8, 4) is 33.6 Å². The molecule has 0 fully saturated rings. The van der Waals surface area contributed by atoms with Gasteiger partial charge >= 0.3 is 0 Å². The summed E-state index contributed by atoms with van der Waals surface area (Å²) in [6.07, 6.45) is 2.33. The van der Waals surface area contributed by atoms with Crippen LogP contribution in [0.5, 0.6) is 0 Å². The number of halogens is 1. The van der Waals surface area contributed by atoms with Crippen LogP contribution in [0.4, 0.5) is 0 Å². The highest BCUT2D eigenvalue weighted by atomic mass is 127. The molecule has 1 heterocycles. The van der Waals surface area contributed by atoms with Crippen molar-refractivity contribution in [1.82, 2.24) is 0 Å². The third-order valence-electron chi connectivity index (χ3n) is 5.20. The van der Waals surface area contributed by atoms with Gasteiger partial charge in [-0.3, -0.25) is 0 Å². The van der Waals surface area contributed by atoms with E-state index in [4.69, 9.17) is 0 Å². The summed E-state index contributed by atoms with van der Waals surface area (Å²) in [5.74, 6) is 0. The van der Waals surface area contributed by atoms with Gasteiger partial charge in [-0.1, -0.05) is 67.9 Å². The summed E-state index contributed by atoms with van der Waals surface area (Å²) in [4.78, 5) is 0. The lowest BCUT2D eigenvalue weighted by Crippen LogP contribution is -2.39.